The lowest BCUT2D eigenvalue weighted by atomic mass is 10.0. The average molecular weight is 280 g/mol. The van der Waals surface area contributed by atoms with Crippen LogP contribution in [0.2, 0.25) is 0 Å². The summed E-state index contributed by atoms with van der Waals surface area (Å²) in [6.45, 7) is 3.76. The molecule has 0 aliphatic heterocycles. The molecule has 0 heterocycles. The summed E-state index contributed by atoms with van der Waals surface area (Å²) in [5.74, 6) is 0. The second-order valence-corrected chi connectivity index (χ2v) is 6.77. The third kappa shape index (κ3) is 3.16. The van der Waals surface area contributed by atoms with Gasteiger partial charge in [-0.05, 0) is 56.4 Å². The highest BCUT2D eigenvalue weighted by Crippen LogP contribution is 2.22. The van der Waals surface area contributed by atoms with Gasteiger partial charge in [-0.15, -0.1) is 0 Å². The number of hydrogen-bond donors (Lipinski definition) is 2. The van der Waals surface area contributed by atoms with Crippen LogP contribution in [0.3, 0.4) is 0 Å². The summed E-state index contributed by atoms with van der Waals surface area (Å²) in [7, 11) is -3.49. The van der Waals surface area contributed by atoms with Gasteiger partial charge in [-0.25, -0.2) is 13.1 Å². The largest absolute Gasteiger partial charge is 0.398 e. The van der Waals surface area contributed by atoms with Gasteiger partial charge in [-0.2, -0.15) is 0 Å². The third-order valence-electron chi connectivity index (χ3n) is 3.58. The summed E-state index contributed by atoms with van der Waals surface area (Å²) in [6.07, 6.45) is 6.61. The van der Waals surface area contributed by atoms with Crippen molar-refractivity contribution in [2.45, 2.75) is 44.0 Å². The zero-order chi connectivity index (χ0) is 14.0. The lowest BCUT2D eigenvalue weighted by molar-refractivity contribution is 0.522. The summed E-state index contributed by atoms with van der Waals surface area (Å²) < 4.78 is 27.4. The van der Waals surface area contributed by atoms with E-state index >= 15 is 0 Å². The number of nitrogens with two attached hydrogens (primary N) is 1. The number of allylic oxidation sites excluding steroid dienone is 1. The van der Waals surface area contributed by atoms with Crippen molar-refractivity contribution in [3.63, 3.8) is 0 Å². The quantitative estimate of drug-likeness (QED) is 0.659. The third-order valence-corrected chi connectivity index (χ3v) is 5.08. The van der Waals surface area contributed by atoms with Crippen molar-refractivity contribution in [3.8, 4) is 0 Å². The van der Waals surface area contributed by atoms with Gasteiger partial charge in [0.05, 0.1) is 4.90 Å². The van der Waals surface area contributed by atoms with E-state index in [0.717, 1.165) is 30.4 Å². The van der Waals surface area contributed by atoms with E-state index in [0.29, 0.717) is 5.69 Å². The van der Waals surface area contributed by atoms with E-state index in [1.54, 1.807) is 6.07 Å². The summed E-state index contributed by atoms with van der Waals surface area (Å²) in [6, 6.07) is 3.19. The molecule has 0 fully saturated rings. The molecule has 1 aromatic carbocycles. The number of nitrogen functional groups attached to an aromatic ring is 1. The average Bonchev–Trinajstić information content (AvgIpc) is 2.36. The molecule has 0 saturated carbocycles. The standard InChI is InChI=1S/C14H20N2O2S/c1-10-8-13(9-14(15)11(10)2)19(17,18)16-12-6-4-3-5-7-12/h3-4,8-9,12,16H,5-7,15H2,1-2H3. The summed E-state index contributed by atoms with van der Waals surface area (Å²) >= 11 is 0. The Morgan fingerprint density at radius 3 is 2.58 bits per heavy atom. The van der Waals surface area contributed by atoms with Crippen LogP contribution in [0.4, 0.5) is 5.69 Å². The Kier molecular flexibility index (Phi) is 3.96. The smallest absolute Gasteiger partial charge is 0.240 e. The van der Waals surface area contributed by atoms with E-state index in [1.165, 1.54) is 6.07 Å². The van der Waals surface area contributed by atoms with Gasteiger partial charge in [-0.3, -0.25) is 0 Å². The minimum absolute atomic E-state index is 0.0159. The van der Waals surface area contributed by atoms with E-state index < -0.39 is 10.0 Å². The van der Waals surface area contributed by atoms with Gasteiger partial charge in [0.15, 0.2) is 0 Å². The molecule has 2 rings (SSSR count). The first-order valence-electron chi connectivity index (χ1n) is 6.44. The second kappa shape index (κ2) is 5.35. The fraction of sp³-hybridized carbons (Fsp3) is 0.429. The number of hydrogen-bond acceptors (Lipinski definition) is 3. The minimum atomic E-state index is -3.49. The van der Waals surface area contributed by atoms with Crippen LogP contribution in [0.1, 0.15) is 30.4 Å². The van der Waals surface area contributed by atoms with Crippen LogP contribution in [0.5, 0.6) is 0 Å². The van der Waals surface area contributed by atoms with E-state index in [9.17, 15) is 8.42 Å². The number of aryl methyl sites for hydroxylation is 1. The zero-order valence-corrected chi connectivity index (χ0v) is 12.1. The molecule has 0 radical (unpaired) electrons. The van der Waals surface area contributed by atoms with Crippen LogP contribution in [0.25, 0.3) is 0 Å². The van der Waals surface area contributed by atoms with Gasteiger partial charge in [0.1, 0.15) is 0 Å². The van der Waals surface area contributed by atoms with Gasteiger partial charge < -0.3 is 5.73 Å². The first-order chi connectivity index (χ1) is 8.90. The molecule has 0 bridgehead atoms. The molecule has 1 aliphatic carbocycles. The molecule has 4 nitrogen and oxygen atoms in total. The topological polar surface area (TPSA) is 72.2 Å². The van der Waals surface area contributed by atoms with Crippen molar-refractivity contribution in [2.75, 3.05) is 5.73 Å². The number of rotatable bonds is 3. The van der Waals surface area contributed by atoms with Crippen LogP contribution in [-0.4, -0.2) is 14.5 Å². The lowest BCUT2D eigenvalue weighted by Gasteiger charge is -2.20. The molecule has 0 saturated heterocycles. The Labute approximate surface area is 114 Å². The minimum Gasteiger partial charge on any atom is -0.398 e. The molecule has 3 N–H and O–H groups in total. The van der Waals surface area contributed by atoms with Crippen molar-refractivity contribution >= 4 is 15.7 Å². The van der Waals surface area contributed by atoms with Gasteiger partial charge in [0.2, 0.25) is 10.0 Å². The number of anilines is 1. The van der Waals surface area contributed by atoms with Crippen molar-refractivity contribution < 1.29 is 8.42 Å². The zero-order valence-electron chi connectivity index (χ0n) is 11.3. The molecule has 0 aromatic heterocycles. The molecular formula is C14H20N2O2S. The lowest BCUT2D eigenvalue weighted by Crippen LogP contribution is -2.35. The van der Waals surface area contributed by atoms with Gasteiger partial charge >= 0.3 is 0 Å². The van der Waals surface area contributed by atoms with Gasteiger partial charge in [0.25, 0.3) is 0 Å². The van der Waals surface area contributed by atoms with Crippen LogP contribution >= 0.6 is 0 Å². The Morgan fingerprint density at radius 1 is 1.26 bits per heavy atom. The predicted octanol–water partition coefficient (Wildman–Crippen LogP) is 2.27. The van der Waals surface area contributed by atoms with Crippen LogP contribution < -0.4 is 10.5 Å². The highest BCUT2D eigenvalue weighted by Gasteiger charge is 2.21. The fourth-order valence-electron chi connectivity index (χ4n) is 2.20. The van der Waals surface area contributed by atoms with Crippen LogP contribution in [0.15, 0.2) is 29.2 Å². The summed E-state index contributed by atoms with van der Waals surface area (Å²) in [4.78, 5) is 0.252. The number of benzene rings is 1. The second-order valence-electron chi connectivity index (χ2n) is 5.06. The highest BCUT2D eigenvalue weighted by atomic mass is 32.2. The molecule has 1 atom stereocenters. The summed E-state index contributed by atoms with van der Waals surface area (Å²) in [5, 5.41) is 0. The molecule has 1 unspecified atom stereocenters. The Balaban J connectivity index is 2.26. The number of sulfonamides is 1. The highest BCUT2D eigenvalue weighted by molar-refractivity contribution is 7.89. The first-order valence-corrected chi connectivity index (χ1v) is 7.92. The van der Waals surface area contributed by atoms with E-state index in [2.05, 4.69) is 10.8 Å². The maximum absolute atomic E-state index is 12.3. The Bertz CT molecular complexity index is 583. The van der Waals surface area contributed by atoms with Crippen molar-refractivity contribution in [1.29, 1.82) is 0 Å². The molecule has 1 aliphatic rings. The van der Waals surface area contributed by atoms with Crippen molar-refractivity contribution in [1.82, 2.24) is 4.72 Å². The molecule has 19 heavy (non-hydrogen) atoms. The Morgan fingerprint density at radius 2 is 2.00 bits per heavy atom. The predicted molar refractivity (Wildman–Crippen MR) is 77.4 cm³/mol. The van der Waals surface area contributed by atoms with Crippen molar-refractivity contribution in [2.24, 2.45) is 0 Å². The summed E-state index contributed by atoms with van der Waals surface area (Å²) in [5.41, 5.74) is 8.19. The van der Waals surface area contributed by atoms with Crippen LogP contribution in [0, 0.1) is 13.8 Å². The monoisotopic (exact) mass is 280 g/mol. The van der Waals surface area contributed by atoms with Crippen LogP contribution in [-0.2, 0) is 10.0 Å². The maximum Gasteiger partial charge on any atom is 0.240 e. The fourth-order valence-corrected chi connectivity index (χ4v) is 3.60. The molecular weight excluding hydrogens is 260 g/mol. The molecule has 0 amide bonds. The van der Waals surface area contributed by atoms with E-state index in [1.807, 2.05) is 19.9 Å². The van der Waals surface area contributed by atoms with E-state index in [-0.39, 0.29) is 10.9 Å². The maximum atomic E-state index is 12.3. The number of nitrogens with one attached hydrogen (secondary N) is 1. The van der Waals surface area contributed by atoms with Crippen molar-refractivity contribution in [3.05, 3.63) is 35.4 Å². The SMILES string of the molecule is Cc1cc(S(=O)(=O)NC2CC=CCC2)cc(N)c1C. The normalized spacial score (nSPS) is 19.6. The molecule has 104 valence electrons. The first kappa shape index (κ1) is 14.1. The van der Waals surface area contributed by atoms with Gasteiger partial charge in [-0.1, -0.05) is 12.2 Å². The molecule has 5 heteroatoms. The van der Waals surface area contributed by atoms with Gasteiger partial charge in [0, 0.05) is 11.7 Å². The molecule has 0 spiro atoms. The van der Waals surface area contributed by atoms with E-state index in [4.69, 9.17) is 5.73 Å². The molecule has 1 aromatic rings. The Hall–Kier alpha value is -1.33.